The highest BCUT2D eigenvalue weighted by molar-refractivity contribution is 6.36. The van der Waals surface area contributed by atoms with Gasteiger partial charge in [-0.3, -0.25) is 0 Å². The Hall–Kier alpha value is -2.19. The monoisotopic (exact) mass is 377 g/mol. The first-order chi connectivity index (χ1) is 11.3. The van der Waals surface area contributed by atoms with Crippen molar-refractivity contribution in [2.24, 2.45) is 0 Å². The molecule has 0 bridgehead atoms. The Labute approximate surface area is 144 Å². The highest BCUT2D eigenvalue weighted by Crippen LogP contribution is 2.28. The molecule has 2 rings (SSSR count). The number of nitrogens with zero attached hydrogens (tertiary/aromatic N) is 3. The van der Waals surface area contributed by atoms with Crippen molar-refractivity contribution in [1.82, 2.24) is 14.3 Å². The number of rotatable bonds is 4. The molecule has 1 heterocycles. The van der Waals surface area contributed by atoms with E-state index >= 15 is 0 Å². The van der Waals surface area contributed by atoms with Gasteiger partial charge in [0.25, 0.3) is 0 Å². The third kappa shape index (κ3) is 3.49. The minimum atomic E-state index is -3.03. The fraction of sp³-hybridized carbons (Fsp3) is 0.214. The topological polar surface area (TPSA) is 66.1 Å². The molecule has 128 valence electrons. The maximum Gasteiger partial charge on any atom is 0.355 e. The number of hydrogen-bond donors (Lipinski definition) is 0. The second-order valence-electron chi connectivity index (χ2n) is 4.57. The summed E-state index contributed by atoms with van der Waals surface area (Å²) in [4.78, 5) is 23.3. The van der Waals surface area contributed by atoms with Crippen LogP contribution >= 0.6 is 23.2 Å². The molecule has 0 spiro atoms. The van der Waals surface area contributed by atoms with E-state index in [-0.39, 0.29) is 26.1 Å². The lowest BCUT2D eigenvalue weighted by Gasteiger charge is -2.07. The average molecular weight is 378 g/mol. The first kappa shape index (κ1) is 18.2. The number of benzene rings is 1. The van der Waals surface area contributed by atoms with Crippen LogP contribution in [0.25, 0.3) is 11.8 Å². The largest absolute Gasteiger partial charge is 0.466 e. The minimum Gasteiger partial charge on any atom is -0.466 e. The lowest BCUT2D eigenvalue weighted by atomic mass is 10.2. The van der Waals surface area contributed by atoms with Gasteiger partial charge in [0.05, 0.1) is 17.8 Å². The molecule has 0 fully saturated rings. The number of aromatic nitrogens is 3. The number of hydrogen-bond acceptors (Lipinski definition) is 4. The Balaban J connectivity index is 2.60. The maximum absolute atomic E-state index is 12.9. The molecule has 0 amide bonds. The summed E-state index contributed by atoms with van der Waals surface area (Å²) >= 11 is 12.1. The molecule has 0 saturated heterocycles. The van der Waals surface area contributed by atoms with E-state index in [1.54, 1.807) is 0 Å². The van der Waals surface area contributed by atoms with Gasteiger partial charge in [-0.1, -0.05) is 23.2 Å². The van der Waals surface area contributed by atoms with Gasteiger partial charge < -0.3 is 4.74 Å². The zero-order valence-corrected chi connectivity index (χ0v) is 14.0. The molecule has 1 aromatic carbocycles. The number of alkyl halides is 2. The van der Waals surface area contributed by atoms with Gasteiger partial charge in [-0.15, -0.1) is 5.10 Å². The van der Waals surface area contributed by atoms with Crippen molar-refractivity contribution in [1.29, 1.82) is 0 Å². The molecule has 0 saturated carbocycles. The number of halogens is 4. The van der Waals surface area contributed by atoms with Crippen LogP contribution in [0.3, 0.4) is 0 Å². The lowest BCUT2D eigenvalue weighted by Crippen LogP contribution is -2.25. The smallest absolute Gasteiger partial charge is 0.355 e. The first-order valence-corrected chi connectivity index (χ1v) is 7.23. The molecule has 6 nitrogen and oxygen atoms in total. The van der Waals surface area contributed by atoms with Gasteiger partial charge in [-0.25, -0.2) is 14.2 Å². The first-order valence-electron chi connectivity index (χ1n) is 6.48. The van der Waals surface area contributed by atoms with Gasteiger partial charge in [-0.2, -0.15) is 13.5 Å². The van der Waals surface area contributed by atoms with Crippen molar-refractivity contribution in [2.45, 2.75) is 13.5 Å². The SMILES string of the molecule is COC(=O)C=Cc1cc(-n2nc(C)n(C(F)F)c2=O)c(Cl)cc1Cl. The highest BCUT2D eigenvalue weighted by atomic mass is 35.5. The molecule has 0 atom stereocenters. The van der Waals surface area contributed by atoms with Crippen molar-refractivity contribution in [3.05, 3.63) is 50.1 Å². The van der Waals surface area contributed by atoms with E-state index in [2.05, 4.69) is 9.84 Å². The quantitative estimate of drug-likeness (QED) is 0.605. The predicted octanol–water partition coefficient (Wildman–Crippen LogP) is 3.23. The van der Waals surface area contributed by atoms with Gasteiger partial charge >= 0.3 is 18.2 Å². The molecule has 0 N–H and O–H groups in total. The fourth-order valence-electron chi connectivity index (χ4n) is 1.93. The van der Waals surface area contributed by atoms with Crippen LogP contribution in [0.4, 0.5) is 8.78 Å². The Bertz CT molecular complexity index is 875. The number of carbonyl (C=O) groups excluding carboxylic acids is 1. The molecule has 0 aliphatic rings. The van der Waals surface area contributed by atoms with Crippen LogP contribution < -0.4 is 5.69 Å². The van der Waals surface area contributed by atoms with E-state index in [9.17, 15) is 18.4 Å². The van der Waals surface area contributed by atoms with E-state index in [1.165, 1.54) is 32.2 Å². The molecule has 0 aliphatic carbocycles. The van der Waals surface area contributed by atoms with Crippen LogP contribution in [0.2, 0.25) is 10.0 Å². The molecule has 0 aliphatic heterocycles. The highest BCUT2D eigenvalue weighted by Gasteiger charge is 2.20. The van der Waals surface area contributed by atoms with Gasteiger partial charge in [-0.05, 0) is 30.7 Å². The number of ether oxygens (including phenoxy) is 1. The van der Waals surface area contributed by atoms with Gasteiger partial charge in [0.15, 0.2) is 0 Å². The van der Waals surface area contributed by atoms with Crippen LogP contribution in [0.5, 0.6) is 0 Å². The average Bonchev–Trinajstić information content (AvgIpc) is 2.80. The van der Waals surface area contributed by atoms with Gasteiger partial charge in [0.1, 0.15) is 5.82 Å². The molecule has 0 radical (unpaired) electrons. The number of methoxy groups -OCH3 is 1. The summed E-state index contributed by atoms with van der Waals surface area (Å²) in [6.45, 7) is -1.76. The van der Waals surface area contributed by atoms with E-state index < -0.39 is 18.2 Å². The van der Waals surface area contributed by atoms with E-state index in [0.717, 1.165) is 10.8 Å². The molecule has 2 aromatic rings. The third-order valence-electron chi connectivity index (χ3n) is 3.07. The maximum atomic E-state index is 12.9. The van der Waals surface area contributed by atoms with Crippen molar-refractivity contribution >= 4 is 35.2 Å². The van der Waals surface area contributed by atoms with E-state index in [4.69, 9.17) is 23.2 Å². The second kappa shape index (κ2) is 7.14. The van der Waals surface area contributed by atoms with Crippen molar-refractivity contribution < 1.29 is 18.3 Å². The fourth-order valence-corrected chi connectivity index (χ4v) is 2.45. The predicted molar refractivity (Wildman–Crippen MR) is 84.9 cm³/mol. The second-order valence-corrected chi connectivity index (χ2v) is 5.39. The summed E-state index contributed by atoms with van der Waals surface area (Å²) in [5.41, 5.74) is -0.662. The van der Waals surface area contributed by atoms with E-state index in [0.29, 0.717) is 5.56 Å². The van der Waals surface area contributed by atoms with Crippen molar-refractivity contribution in [3.8, 4) is 5.69 Å². The number of carbonyl (C=O) groups is 1. The van der Waals surface area contributed by atoms with Crippen LogP contribution in [-0.2, 0) is 9.53 Å². The Morgan fingerprint density at radius 3 is 2.54 bits per heavy atom. The van der Waals surface area contributed by atoms with Crippen molar-refractivity contribution in [2.75, 3.05) is 7.11 Å². The van der Waals surface area contributed by atoms with Crippen LogP contribution in [0.1, 0.15) is 17.9 Å². The molecular weight excluding hydrogens is 367 g/mol. The van der Waals surface area contributed by atoms with Crippen molar-refractivity contribution in [3.63, 3.8) is 0 Å². The van der Waals surface area contributed by atoms with Gasteiger partial charge in [0.2, 0.25) is 0 Å². The zero-order chi connectivity index (χ0) is 18.0. The lowest BCUT2D eigenvalue weighted by molar-refractivity contribution is -0.134. The Kier molecular flexibility index (Phi) is 5.40. The molecule has 0 unspecified atom stereocenters. The summed E-state index contributed by atoms with van der Waals surface area (Å²) in [5, 5.41) is 4.02. The van der Waals surface area contributed by atoms with Crippen LogP contribution in [-0.4, -0.2) is 27.4 Å². The molecular formula is C14H11Cl2F2N3O3. The standard InChI is InChI=1S/C14H11Cl2F2N3O3/c1-7-19-21(14(23)20(7)13(17)18)11-5-8(3-4-12(22)24-2)9(15)6-10(11)16/h3-6,13H,1-2H3. The van der Waals surface area contributed by atoms with E-state index in [1.807, 2.05) is 0 Å². The minimum absolute atomic E-state index is 0.0382. The van der Waals surface area contributed by atoms with Crippen LogP contribution in [0.15, 0.2) is 23.0 Å². The van der Waals surface area contributed by atoms with Gasteiger partial charge in [0, 0.05) is 11.1 Å². The summed E-state index contributed by atoms with van der Waals surface area (Å²) in [7, 11) is 1.21. The number of aryl methyl sites for hydroxylation is 1. The molecule has 24 heavy (non-hydrogen) atoms. The summed E-state index contributed by atoms with van der Waals surface area (Å²) in [6.07, 6.45) is 2.46. The summed E-state index contributed by atoms with van der Waals surface area (Å²) in [6, 6.07) is 2.67. The third-order valence-corrected chi connectivity index (χ3v) is 3.70. The summed E-state index contributed by atoms with van der Waals surface area (Å²) in [5.74, 6) is -0.787. The number of esters is 1. The Morgan fingerprint density at radius 1 is 1.33 bits per heavy atom. The zero-order valence-electron chi connectivity index (χ0n) is 12.5. The van der Waals surface area contributed by atoms with Crippen LogP contribution in [0, 0.1) is 6.92 Å². The summed E-state index contributed by atoms with van der Waals surface area (Å²) < 4.78 is 31.2. The normalized spacial score (nSPS) is 11.5. The molecule has 1 aromatic heterocycles. The molecule has 10 heteroatoms. The Morgan fingerprint density at radius 2 is 2.00 bits per heavy atom.